The zero-order valence-electron chi connectivity index (χ0n) is 9.27. The summed E-state index contributed by atoms with van der Waals surface area (Å²) in [6, 6.07) is 0. The molecular formula is C12H22Si. The molecule has 0 aromatic carbocycles. The first-order chi connectivity index (χ1) is 5.98. The summed E-state index contributed by atoms with van der Waals surface area (Å²) in [5, 5.41) is 1.65. The molecule has 0 nitrogen and oxygen atoms in total. The highest BCUT2D eigenvalue weighted by molar-refractivity contribution is 6.83. The smallest absolute Gasteiger partial charge is 0.0720 e. The van der Waals surface area contributed by atoms with Crippen LogP contribution in [0.25, 0.3) is 0 Å². The highest BCUT2D eigenvalue weighted by atomic mass is 28.3. The zero-order valence-corrected chi connectivity index (χ0v) is 10.3. The molecule has 0 amide bonds. The van der Waals surface area contributed by atoms with E-state index >= 15 is 0 Å². The Balaban J connectivity index is 2.07. The average Bonchev–Trinajstić information content (AvgIpc) is 2.60. The van der Waals surface area contributed by atoms with E-state index < -0.39 is 8.07 Å². The summed E-state index contributed by atoms with van der Waals surface area (Å²) in [5.74, 6) is 3.03. The van der Waals surface area contributed by atoms with Crippen molar-refractivity contribution in [3.05, 3.63) is 11.8 Å². The van der Waals surface area contributed by atoms with Crippen molar-refractivity contribution >= 4 is 8.07 Å². The standard InChI is InChI=1S/C12H22Si/c1-9(13(2,3)4)12-8-10-5-6-11(12)7-10/h10-12H,1,5-8H2,2-4H3/t10-,11+,12-/m1/s1. The molecule has 2 aliphatic carbocycles. The van der Waals surface area contributed by atoms with E-state index in [0.717, 1.165) is 17.8 Å². The summed E-state index contributed by atoms with van der Waals surface area (Å²) >= 11 is 0. The van der Waals surface area contributed by atoms with Gasteiger partial charge in [0.25, 0.3) is 0 Å². The summed E-state index contributed by atoms with van der Waals surface area (Å²) in [4.78, 5) is 0. The van der Waals surface area contributed by atoms with E-state index in [4.69, 9.17) is 0 Å². The van der Waals surface area contributed by atoms with Crippen LogP contribution in [0.5, 0.6) is 0 Å². The first kappa shape index (κ1) is 9.51. The molecule has 2 fully saturated rings. The number of rotatable bonds is 2. The largest absolute Gasteiger partial charge is 0.103 e. The van der Waals surface area contributed by atoms with E-state index in [0.29, 0.717) is 0 Å². The van der Waals surface area contributed by atoms with Gasteiger partial charge in [-0.3, -0.25) is 0 Å². The van der Waals surface area contributed by atoms with Crippen LogP contribution in [0.2, 0.25) is 19.6 Å². The van der Waals surface area contributed by atoms with Gasteiger partial charge in [-0.05, 0) is 37.0 Å². The molecule has 2 rings (SSSR count). The normalized spacial score (nSPS) is 38.2. The highest BCUT2D eigenvalue weighted by Gasteiger charge is 2.42. The van der Waals surface area contributed by atoms with Gasteiger partial charge in [0.05, 0.1) is 8.07 Å². The SMILES string of the molecule is C=C([C@H]1C[C@@H]2CC[C@H]1C2)[Si](C)(C)C. The van der Waals surface area contributed by atoms with E-state index in [1.165, 1.54) is 25.7 Å². The van der Waals surface area contributed by atoms with Gasteiger partial charge in [0.1, 0.15) is 0 Å². The topological polar surface area (TPSA) is 0 Å². The Morgan fingerprint density at radius 3 is 2.23 bits per heavy atom. The summed E-state index contributed by atoms with van der Waals surface area (Å²) in [5.41, 5.74) is 0. The third-order valence-corrected chi connectivity index (χ3v) is 6.45. The van der Waals surface area contributed by atoms with E-state index in [1.54, 1.807) is 5.20 Å². The molecule has 0 saturated heterocycles. The Morgan fingerprint density at radius 1 is 1.15 bits per heavy atom. The average molecular weight is 194 g/mol. The van der Waals surface area contributed by atoms with Crippen molar-refractivity contribution < 1.29 is 0 Å². The fraction of sp³-hybridized carbons (Fsp3) is 0.833. The van der Waals surface area contributed by atoms with Crippen LogP contribution < -0.4 is 0 Å². The van der Waals surface area contributed by atoms with E-state index in [9.17, 15) is 0 Å². The van der Waals surface area contributed by atoms with Crippen LogP contribution in [-0.4, -0.2) is 8.07 Å². The molecule has 0 aromatic heterocycles. The Labute approximate surface area is 83.4 Å². The van der Waals surface area contributed by atoms with Crippen molar-refractivity contribution in [1.29, 1.82) is 0 Å². The monoisotopic (exact) mass is 194 g/mol. The number of fused-ring (bicyclic) bond motifs is 2. The van der Waals surface area contributed by atoms with E-state index in [-0.39, 0.29) is 0 Å². The molecule has 0 aromatic rings. The van der Waals surface area contributed by atoms with Crippen LogP contribution in [0.3, 0.4) is 0 Å². The van der Waals surface area contributed by atoms with Crippen molar-refractivity contribution in [2.45, 2.75) is 45.3 Å². The van der Waals surface area contributed by atoms with Crippen LogP contribution in [0, 0.1) is 17.8 Å². The van der Waals surface area contributed by atoms with Crippen molar-refractivity contribution in [2.24, 2.45) is 17.8 Å². The molecule has 74 valence electrons. The molecule has 2 saturated carbocycles. The Hall–Kier alpha value is -0.0431. The lowest BCUT2D eigenvalue weighted by Gasteiger charge is -2.31. The molecular weight excluding hydrogens is 172 g/mol. The van der Waals surface area contributed by atoms with Gasteiger partial charge in [0.15, 0.2) is 0 Å². The van der Waals surface area contributed by atoms with Gasteiger partial charge in [-0.2, -0.15) is 0 Å². The predicted molar refractivity (Wildman–Crippen MR) is 61.4 cm³/mol. The highest BCUT2D eigenvalue weighted by Crippen LogP contribution is 2.51. The van der Waals surface area contributed by atoms with Crippen LogP contribution in [0.4, 0.5) is 0 Å². The van der Waals surface area contributed by atoms with Gasteiger partial charge in [0.2, 0.25) is 0 Å². The second-order valence-corrected chi connectivity index (χ2v) is 11.2. The van der Waals surface area contributed by atoms with Crippen LogP contribution >= 0.6 is 0 Å². The van der Waals surface area contributed by atoms with Gasteiger partial charge >= 0.3 is 0 Å². The minimum Gasteiger partial charge on any atom is -0.103 e. The van der Waals surface area contributed by atoms with Gasteiger partial charge < -0.3 is 0 Å². The molecule has 0 unspecified atom stereocenters. The van der Waals surface area contributed by atoms with Crippen molar-refractivity contribution in [3.8, 4) is 0 Å². The lowest BCUT2D eigenvalue weighted by Crippen LogP contribution is -2.30. The van der Waals surface area contributed by atoms with Crippen molar-refractivity contribution in [2.75, 3.05) is 0 Å². The lowest BCUT2D eigenvalue weighted by atomic mass is 9.89. The summed E-state index contributed by atoms with van der Waals surface area (Å²) in [6.45, 7) is 11.7. The van der Waals surface area contributed by atoms with Gasteiger partial charge in [0, 0.05) is 0 Å². The molecule has 3 atom stereocenters. The maximum Gasteiger partial charge on any atom is 0.0720 e. The second kappa shape index (κ2) is 2.98. The fourth-order valence-corrected chi connectivity index (χ4v) is 4.69. The quantitative estimate of drug-likeness (QED) is 0.586. The van der Waals surface area contributed by atoms with Crippen LogP contribution in [0.1, 0.15) is 25.7 Å². The molecule has 0 heterocycles. The van der Waals surface area contributed by atoms with Gasteiger partial charge in [-0.1, -0.05) is 31.3 Å². The third-order valence-electron chi connectivity index (χ3n) is 4.15. The Morgan fingerprint density at radius 2 is 1.85 bits per heavy atom. The zero-order chi connectivity index (χ0) is 9.64. The molecule has 1 heteroatoms. The second-order valence-electron chi connectivity index (χ2n) is 6.06. The first-order valence-electron chi connectivity index (χ1n) is 5.68. The summed E-state index contributed by atoms with van der Waals surface area (Å²) in [6.07, 6.45) is 6.01. The molecule has 13 heavy (non-hydrogen) atoms. The maximum atomic E-state index is 4.39. The number of hydrogen-bond donors (Lipinski definition) is 0. The van der Waals surface area contributed by atoms with E-state index in [2.05, 4.69) is 26.2 Å². The van der Waals surface area contributed by atoms with Crippen molar-refractivity contribution in [3.63, 3.8) is 0 Å². The van der Waals surface area contributed by atoms with Crippen molar-refractivity contribution in [1.82, 2.24) is 0 Å². The summed E-state index contributed by atoms with van der Waals surface area (Å²) < 4.78 is 0. The lowest BCUT2D eigenvalue weighted by molar-refractivity contribution is 0.387. The van der Waals surface area contributed by atoms with Crippen LogP contribution in [0.15, 0.2) is 11.8 Å². The number of hydrogen-bond acceptors (Lipinski definition) is 0. The van der Waals surface area contributed by atoms with Crippen LogP contribution in [-0.2, 0) is 0 Å². The number of allylic oxidation sites excluding steroid dienone is 1. The summed E-state index contributed by atoms with van der Waals surface area (Å²) in [7, 11) is -1.06. The first-order valence-corrected chi connectivity index (χ1v) is 9.18. The van der Waals surface area contributed by atoms with E-state index in [1.807, 2.05) is 0 Å². The minimum absolute atomic E-state index is 0.922. The van der Waals surface area contributed by atoms with Gasteiger partial charge in [-0.25, -0.2) is 0 Å². The minimum atomic E-state index is -1.06. The third kappa shape index (κ3) is 1.63. The molecule has 0 spiro atoms. The molecule has 2 bridgehead atoms. The molecule has 0 radical (unpaired) electrons. The fourth-order valence-electron chi connectivity index (χ4n) is 3.23. The predicted octanol–water partition coefficient (Wildman–Crippen LogP) is 3.86. The van der Waals surface area contributed by atoms with Gasteiger partial charge in [-0.15, -0.1) is 6.58 Å². The Bertz CT molecular complexity index is 224. The molecule has 2 aliphatic rings. The Kier molecular flexibility index (Phi) is 2.18. The molecule has 0 aliphatic heterocycles. The maximum absolute atomic E-state index is 4.39. The molecule has 0 N–H and O–H groups in total.